The number of hydrogen-bond donors (Lipinski definition) is 14. The van der Waals surface area contributed by atoms with E-state index in [1.807, 2.05) is 0 Å². The van der Waals surface area contributed by atoms with E-state index in [9.17, 15) is 53.7 Å². The van der Waals surface area contributed by atoms with E-state index in [2.05, 4.69) is 41.9 Å². The van der Waals surface area contributed by atoms with Crippen LogP contribution in [0.4, 0.5) is 0 Å². The molecule has 370 valence electrons. The van der Waals surface area contributed by atoms with Gasteiger partial charge in [0.1, 0.15) is 42.0 Å². The van der Waals surface area contributed by atoms with Gasteiger partial charge in [0.05, 0.1) is 31.2 Å². The number of carbonyl (C=O) groups is 8. The molecule has 1 unspecified atom stereocenters. The fraction of sp³-hybridized carbons (Fsp3) is 0.362. The lowest BCUT2D eigenvalue weighted by atomic mass is 9.85. The summed E-state index contributed by atoms with van der Waals surface area (Å²) >= 11 is 0. The number of aliphatic hydroxyl groups excluding tert-OH is 2. The summed E-state index contributed by atoms with van der Waals surface area (Å²) in [5.41, 5.74) is 20.6. The monoisotopic (exact) mass is 965 g/mol. The van der Waals surface area contributed by atoms with Crippen LogP contribution in [0.1, 0.15) is 53.5 Å². The number of ether oxygens (including phenoxy) is 1. The Morgan fingerprint density at radius 2 is 1.54 bits per heavy atom. The minimum absolute atomic E-state index is 0.0125. The third kappa shape index (κ3) is 11.2. The largest absolute Gasteiger partial charge is 0.481 e. The Hall–Kier alpha value is -7.86. The van der Waals surface area contributed by atoms with E-state index in [1.54, 1.807) is 72.9 Å². The number of rotatable bonds is 14. The minimum Gasteiger partial charge on any atom is -0.481 e. The first kappa shape index (κ1) is 50.0. The first-order valence-corrected chi connectivity index (χ1v) is 22.5. The topological polar surface area (TPSA) is 388 Å². The van der Waals surface area contributed by atoms with Crippen LogP contribution in [-0.2, 0) is 51.2 Å². The number of H-pyrrole nitrogens is 2. The van der Waals surface area contributed by atoms with E-state index >= 15 is 0 Å². The second kappa shape index (κ2) is 22.1. The molecule has 7 amide bonds. The molecule has 5 heterocycles. The zero-order valence-corrected chi connectivity index (χ0v) is 37.6. The van der Waals surface area contributed by atoms with Crippen molar-refractivity contribution in [2.24, 2.45) is 17.2 Å². The summed E-state index contributed by atoms with van der Waals surface area (Å²) in [6, 6.07) is 7.27. The molecule has 0 spiro atoms. The molecular weight excluding hydrogens is 911 g/mol. The average Bonchev–Trinajstić information content (AvgIpc) is 3.96. The van der Waals surface area contributed by atoms with Gasteiger partial charge in [0.15, 0.2) is 6.10 Å². The van der Waals surface area contributed by atoms with Gasteiger partial charge in [0.2, 0.25) is 41.4 Å². The second-order valence-electron chi connectivity index (χ2n) is 17.2. The number of fused-ring (bicyclic) bond motifs is 7. The lowest BCUT2D eigenvalue weighted by Gasteiger charge is -2.33. The van der Waals surface area contributed by atoms with Crippen LogP contribution in [0.15, 0.2) is 79.1 Å². The van der Waals surface area contributed by atoms with Crippen molar-refractivity contribution in [2.75, 3.05) is 19.8 Å². The number of aliphatic carboxylic acids is 1. The Labute approximate surface area is 399 Å². The number of hydrogen-bond acceptors (Lipinski definition) is 13. The number of carbonyl (C=O) groups excluding carboxylic acids is 7. The van der Waals surface area contributed by atoms with Gasteiger partial charge in [-0.25, -0.2) is 4.79 Å². The molecule has 3 aliphatic rings. The number of carboxylic acid groups (broad SMARTS) is 1. The van der Waals surface area contributed by atoms with E-state index in [0.29, 0.717) is 50.5 Å². The van der Waals surface area contributed by atoms with Crippen LogP contribution in [-0.4, -0.2) is 135 Å². The summed E-state index contributed by atoms with van der Waals surface area (Å²) in [7, 11) is 0. The first-order chi connectivity index (χ1) is 33.6. The fourth-order valence-corrected chi connectivity index (χ4v) is 8.78. The Kier molecular flexibility index (Phi) is 15.8. The summed E-state index contributed by atoms with van der Waals surface area (Å²) in [6.07, 6.45) is 1.38. The number of amides is 7. The summed E-state index contributed by atoms with van der Waals surface area (Å²) < 4.78 is 6.73. The summed E-state index contributed by atoms with van der Waals surface area (Å²) in [5.74, 6) is -9.20. The summed E-state index contributed by atoms with van der Waals surface area (Å²) in [5, 5.41) is 47.0. The van der Waals surface area contributed by atoms with Crippen molar-refractivity contribution in [1.29, 1.82) is 0 Å². The number of carboxylic acids is 1. The molecular formula is C47H55N11O12. The van der Waals surface area contributed by atoms with E-state index in [1.165, 1.54) is 6.20 Å². The molecule has 23 heteroatoms. The Bertz CT molecular complexity index is 2780. The quantitative estimate of drug-likeness (QED) is 0.0551. The van der Waals surface area contributed by atoms with Crippen molar-refractivity contribution in [3.8, 4) is 5.75 Å². The lowest BCUT2D eigenvalue weighted by Crippen LogP contribution is -2.62. The van der Waals surface area contributed by atoms with Crippen LogP contribution in [0.25, 0.3) is 21.8 Å². The van der Waals surface area contributed by atoms with E-state index in [0.717, 1.165) is 0 Å². The maximum atomic E-state index is 14.8. The van der Waals surface area contributed by atoms with Gasteiger partial charge in [-0.2, -0.15) is 0 Å². The molecule has 2 aromatic heterocycles. The molecule has 8 rings (SSSR count). The van der Waals surface area contributed by atoms with Gasteiger partial charge in [0.25, 0.3) is 0 Å². The standard InChI is InChI=1S/C47H55N11O12/c48-13-5-9-25-23-11-12-27-28(19-51-30(27)16-23)40-39(58-42(63)31(17-36(50)61)53-41(62)29(49)15-24-18-52-37-26(24)8-4-10-35(37)70-40)46(67)56-34(21-60)44(65)57-38(25)45(66)55-33(20-59)43(64)54-32(47(68)69)14-22-6-2-1-3-7-22/h1-4,6-8,10-12,16,18-19,25,29,31-34,38-40,51-52,59-60H,5,9,13-15,17,20-21,48-49H2,(H2,50,61)(H,53,62)(H,54,64)(H,55,66)(H,56,67)(H,57,65)(H,58,63)(H,68,69)/t25-,29-,31-,32-,33-,34-,38-,39?,40+/m0/s1. The molecule has 23 nitrogen and oxygen atoms in total. The van der Waals surface area contributed by atoms with Gasteiger partial charge in [-0.1, -0.05) is 54.6 Å². The molecule has 17 N–H and O–H groups in total. The Morgan fingerprint density at radius 3 is 2.24 bits per heavy atom. The lowest BCUT2D eigenvalue weighted by molar-refractivity contribution is -0.142. The molecule has 0 saturated heterocycles. The second-order valence-corrected chi connectivity index (χ2v) is 17.2. The SMILES string of the molecule is NCCC[C@H]1c2ccc3c(c[nH]c3c2)[C@H]2Oc3cccc4c(c[nH]c34)C[C@H](N)C(=O)N[C@@H](CC(N)=O)C(=O)NC2C(=O)N[C@@H](CO)C(=O)N[C@@H]1C(=O)N[C@@H](CO)C(=O)N[C@@H](Cc1ccccc1)C(=O)O. The molecule has 5 aromatic rings. The van der Waals surface area contributed by atoms with E-state index in [-0.39, 0.29) is 31.6 Å². The zero-order chi connectivity index (χ0) is 50.2. The summed E-state index contributed by atoms with van der Waals surface area (Å²) in [4.78, 5) is 116. The highest BCUT2D eigenvalue weighted by Gasteiger charge is 2.42. The number of aromatic nitrogens is 2. The fourth-order valence-electron chi connectivity index (χ4n) is 8.78. The van der Waals surface area contributed by atoms with Crippen LogP contribution >= 0.6 is 0 Å². The maximum Gasteiger partial charge on any atom is 0.326 e. The van der Waals surface area contributed by atoms with Gasteiger partial charge < -0.3 is 79.1 Å². The highest BCUT2D eigenvalue weighted by Crippen LogP contribution is 2.37. The third-order valence-electron chi connectivity index (χ3n) is 12.4. The van der Waals surface area contributed by atoms with Gasteiger partial charge in [-0.15, -0.1) is 0 Å². The van der Waals surface area contributed by atoms with Crippen molar-refractivity contribution in [2.45, 2.75) is 86.4 Å². The smallest absolute Gasteiger partial charge is 0.326 e. The summed E-state index contributed by atoms with van der Waals surface area (Å²) in [6.45, 7) is -1.89. The highest BCUT2D eigenvalue weighted by atomic mass is 16.5. The Balaban J connectivity index is 1.31. The molecule has 0 aliphatic carbocycles. The van der Waals surface area contributed by atoms with Gasteiger partial charge in [-0.05, 0) is 54.6 Å². The van der Waals surface area contributed by atoms with E-state index in [4.69, 9.17) is 21.9 Å². The first-order valence-electron chi connectivity index (χ1n) is 22.5. The van der Waals surface area contributed by atoms with Crippen LogP contribution in [0.2, 0.25) is 0 Å². The van der Waals surface area contributed by atoms with Crippen molar-refractivity contribution >= 4 is 69.1 Å². The molecule has 0 fully saturated rings. The van der Waals surface area contributed by atoms with Gasteiger partial charge in [-0.3, -0.25) is 33.6 Å². The Morgan fingerprint density at radius 1 is 0.800 bits per heavy atom. The number of nitrogens with two attached hydrogens (primary N) is 3. The average molecular weight is 966 g/mol. The van der Waals surface area contributed by atoms with Crippen molar-refractivity contribution in [1.82, 2.24) is 41.9 Å². The predicted octanol–water partition coefficient (Wildman–Crippen LogP) is -2.42. The zero-order valence-electron chi connectivity index (χ0n) is 37.6. The van der Waals surface area contributed by atoms with Gasteiger partial charge >= 0.3 is 5.97 Å². The molecule has 8 bridgehead atoms. The predicted molar refractivity (Wildman–Crippen MR) is 250 cm³/mol. The molecule has 9 atom stereocenters. The number of primary amides is 1. The molecule has 70 heavy (non-hydrogen) atoms. The van der Waals surface area contributed by atoms with Crippen LogP contribution < -0.4 is 53.8 Å². The van der Waals surface area contributed by atoms with Crippen molar-refractivity contribution in [3.05, 3.63) is 101 Å². The van der Waals surface area contributed by atoms with Crippen molar-refractivity contribution in [3.63, 3.8) is 0 Å². The molecule has 0 saturated carbocycles. The normalized spacial score (nSPS) is 22.8. The van der Waals surface area contributed by atoms with Gasteiger partial charge in [0, 0.05) is 46.6 Å². The molecule has 3 aromatic carbocycles. The van der Waals surface area contributed by atoms with Crippen LogP contribution in [0.3, 0.4) is 0 Å². The number of nitrogens with one attached hydrogen (secondary N) is 8. The van der Waals surface area contributed by atoms with Crippen LogP contribution in [0.5, 0.6) is 5.75 Å². The van der Waals surface area contributed by atoms with Crippen LogP contribution in [0, 0.1) is 0 Å². The molecule has 0 radical (unpaired) electrons. The highest BCUT2D eigenvalue weighted by molar-refractivity contribution is 6.00. The molecule has 3 aliphatic heterocycles. The number of aliphatic hydroxyl groups is 2. The maximum absolute atomic E-state index is 14.8. The van der Waals surface area contributed by atoms with E-state index < -0.39 is 121 Å². The third-order valence-corrected chi connectivity index (χ3v) is 12.4. The number of para-hydroxylation sites is 1. The number of benzene rings is 3. The minimum atomic E-state index is -1.83. The number of aromatic amines is 2. The van der Waals surface area contributed by atoms with Crippen molar-refractivity contribution < 1.29 is 58.4 Å².